The molecule has 6 nitrogen and oxygen atoms in total. The maximum absolute atomic E-state index is 14.0. The second-order valence-corrected chi connectivity index (χ2v) is 12.8. The first-order valence-electron chi connectivity index (χ1n) is 10.3. The fraction of sp³-hybridized carbons (Fsp3) is 0.600. The molecule has 0 unspecified atom stereocenters. The summed E-state index contributed by atoms with van der Waals surface area (Å²) < 4.78 is 39.1. The fourth-order valence-electron chi connectivity index (χ4n) is 6.15. The summed E-state index contributed by atoms with van der Waals surface area (Å²) in [6, 6.07) is 3.96. The smallest absolute Gasteiger partial charge is 0.320 e. The van der Waals surface area contributed by atoms with E-state index in [0.717, 1.165) is 35.2 Å². The molecule has 2 aromatic rings. The summed E-state index contributed by atoms with van der Waals surface area (Å²) >= 11 is 4.44. The van der Waals surface area contributed by atoms with E-state index < -0.39 is 18.8 Å². The number of aromatic amines is 1. The summed E-state index contributed by atoms with van der Waals surface area (Å²) in [5, 5.41) is 8.20. The third-order valence-corrected chi connectivity index (χ3v) is 9.64. The van der Waals surface area contributed by atoms with Crippen molar-refractivity contribution < 1.29 is 23.1 Å². The number of H-pyrrole nitrogens is 1. The number of hydrogen-bond acceptors (Lipinski definition) is 4. The van der Waals surface area contributed by atoms with Crippen LogP contribution in [-0.4, -0.2) is 25.0 Å². The molecule has 1 aromatic heterocycles. The van der Waals surface area contributed by atoms with E-state index in [1.807, 2.05) is 0 Å². The van der Waals surface area contributed by atoms with E-state index in [4.69, 9.17) is 14.8 Å². The predicted octanol–water partition coefficient (Wildman–Crippen LogP) is 5.55. The molecule has 11 heteroatoms. The molecule has 0 amide bonds. The summed E-state index contributed by atoms with van der Waals surface area (Å²) in [7, 11) is -5.61. The minimum absolute atomic E-state index is 0.0387. The third kappa shape index (κ3) is 3.92. The van der Waals surface area contributed by atoms with Crippen molar-refractivity contribution in [2.45, 2.75) is 60.5 Å². The van der Waals surface area contributed by atoms with Gasteiger partial charge in [0.2, 0.25) is 5.16 Å². The number of rotatable bonds is 6. The summed E-state index contributed by atoms with van der Waals surface area (Å²) in [4.78, 5) is 22.7. The van der Waals surface area contributed by atoms with Gasteiger partial charge >= 0.3 is 13.3 Å². The van der Waals surface area contributed by atoms with Crippen molar-refractivity contribution in [3.8, 4) is 0 Å². The molecule has 1 heterocycles. The summed E-state index contributed by atoms with van der Waals surface area (Å²) in [5.41, 5.74) is -4.10. The van der Waals surface area contributed by atoms with Gasteiger partial charge in [-0.3, -0.25) is 9.66 Å². The lowest BCUT2D eigenvalue weighted by Gasteiger charge is -2.55. The molecule has 4 saturated carbocycles. The van der Waals surface area contributed by atoms with Gasteiger partial charge in [-0.1, -0.05) is 39.8 Å². The Labute approximate surface area is 191 Å². The molecule has 0 saturated heterocycles. The monoisotopic (exact) mass is 533 g/mol. The lowest BCUT2D eigenvalue weighted by Crippen LogP contribution is -2.49. The maximum atomic E-state index is 14.0. The van der Waals surface area contributed by atoms with Crippen molar-refractivity contribution in [2.24, 2.45) is 17.8 Å². The van der Waals surface area contributed by atoms with Gasteiger partial charge in [-0.15, -0.1) is 5.10 Å². The van der Waals surface area contributed by atoms with Crippen LogP contribution in [0.5, 0.6) is 0 Å². The van der Waals surface area contributed by atoms with E-state index in [1.165, 1.54) is 62.4 Å². The van der Waals surface area contributed by atoms with Gasteiger partial charge in [-0.05, 0) is 67.9 Å². The highest BCUT2D eigenvalue weighted by Gasteiger charge is 2.53. The van der Waals surface area contributed by atoms with Gasteiger partial charge in [0.05, 0.1) is 0 Å². The topological polar surface area (TPSA) is 99.1 Å². The molecule has 6 rings (SSSR count). The van der Waals surface area contributed by atoms with Gasteiger partial charge in [0.1, 0.15) is 5.82 Å². The first kappa shape index (κ1) is 22.0. The Morgan fingerprint density at radius 2 is 1.81 bits per heavy atom. The number of alkyl halides is 2. The van der Waals surface area contributed by atoms with E-state index in [9.17, 15) is 13.3 Å². The van der Waals surface area contributed by atoms with Gasteiger partial charge < -0.3 is 9.79 Å². The fourth-order valence-corrected chi connectivity index (χ4v) is 8.22. The number of benzene rings is 1. The first-order valence-corrected chi connectivity index (χ1v) is 13.7. The van der Waals surface area contributed by atoms with Crippen molar-refractivity contribution in [1.82, 2.24) is 15.2 Å². The molecule has 4 aliphatic rings. The molecule has 0 radical (unpaired) electrons. The summed E-state index contributed by atoms with van der Waals surface area (Å²) in [6.45, 7) is 0. The van der Waals surface area contributed by atoms with Crippen LogP contribution in [0.15, 0.2) is 27.8 Å². The Balaban J connectivity index is 1.28. The quantitative estimate of drug-likeness (QED) is 0.332. The van der Waals surface area contributed by atoms with Gasteiger partial charge in [0, 0.05) is 21.2 Å². The van der Waals surface area contributed by atoms with E-state index in [1.54, 1.807) is 0 Å². The highest BCUT2D eigenvalue weighted by atomic mass is 79.9. The Kier molecular flexibility index (Phi) is 5.41. The normalized spacial score (nSPS) is 30.2. The minimum Gasteiger partial charge on any atom is -0.320 e. The standard InChI is InChI=1S/C20H23BrF2N3O3PS/c21-16-6-11(1-2-15(16)20(22,23)30(27,28)29)10-31-18-24-17(25-26-18)19-7-12-3-13(8-19)5-14(4-12)9-19/h1-2,6,12-14H,3-5,7-10H2,(H,24,25,26)(H2,27,28,29). The van der Waals surface area contributed by atoms with E-state index in [-0.39, 0.29) is 9.89 Å². The molecule has 4 fully saturated rings. The summed E-state index contributed by atoms with van der Waals surface area (Å²) in [5.74, 6) is 3.89. The van der Waals surface area contributed by atoms with Gasteiger partial charge in [0.15, 0.2) is 0 Å². The average molecular weight is 534 g/mol. The maximum Gasteiger partial charge on any atom is 0.399 e. The highest BCUT2D eigenvalue weighted by Crippen LogP contribution is 2.61. The molecule has 168 valence electrons. The van der Waals surface area contributed by atoms with Crippen LogP contribution in [0.2, 0.25) is 0 Å². The van der Waals surface area contributed by atoms with Crippen LogP contribution in [-0.2, 0) is 21.4 Å². The van der Waals surface area contributed by atoms with Crippen molar-refractivity contribution >= 4 is 35.3 Å². The first-order chi connectivity index (χ1) is 14.6. The Hall–Kier alpha value is -0.800. The molecule has 0 aliphatic heterocycles. The molecule has 0 spiro atoms. The van der Waals surface area contributed by atoms with Crippen molar-refractivity contribution in [3.63, 3.8) is 0 Å². The third-order valence-electron chi connectivity index (χ3n) is 7.10. The lowest BCUT2D eigenvalue weighted by molar-refractivity contribution is -0.00931. The predicted molar refractivity (Wildman–Crippen MR) is 116 cm³/mol. The van der Waals surface area contributed by atoms with Crippen LogP contribution in [0.25, 0.3) is 0 Å². The van der Waals surface area contributed by atoms with Gasteiger partial charge in [-0.2, -0.15) is 8.78 Å². The molecular weight excluding hydrogens is 511 g/mol. The molecular formula is C20H23BrF2N3O3PS. The second-order valence-electron chi connectivity index (χ2n) is 9.35. The zero-order valence-electron chi connectivity index (χ0n) is 16.6. The largest absolute Gasteiger partial charge is 0.399 e. The van der Waals surface area contributed by atoms with E-state index in [2.05, 4.69) is 26.1 Å². The van der Waals surface area contributed by atoms with Crippen LogP contribution in [0, 0.1) is 17.8 Å². The summed E-state index contributed by atoms with van der Waals surface area (Å²) in [6.07, 6.45) is 7.67. The zero-order valence-corrected chi connectivity index (χ0v) is 19.9. The molecule has 0 atom stereocenters. The van der Waals surface area contributed by atoms with E-state index in [0.29, 0.717) is 10.9 Å². The van der Waals surface area contributed by atoms with Gasteiger partial charge in [-0.25, -0.2) is 4.98 Å². The Morgan fingerprint density at radius 1 is 1.19 bits per heavy atom. The molecule has 3 N–H and O–H groups in total. The zero-order chi connectivity index (χ0) is 22.0. The number of halogens is 3. The van der Waals surface area contributed by atoms with Crippen molar-refractivity contribution in [1.29, 1.82) is 0 Å². The molecule has 1 aromatic carbocycles. The van der Waals surface area contributed by atoms with E-state index >= 15 is 0 Å². The number of hydrogen-bond donors (Lipinski definition) is 3. The van der Waals surface area contributed by atoms with Crippen LogP contribution in [0.1, 0.15) is 55.5 Å². The average Bonchev–Trinajstić information content (AvgIpc) is 3.14. The number of nitrogens with one attached hydrogen (secondary N) is 1. The van der Waals surface area contributed by atoms with Crippen molar-refractivity contribution in [3.05, 3.63) is 39.6 Å². The molecule has 31 heavy (non-hydrogen) atoms. The van der Waals surface area contributed by atoms with Crippen LogP contribution in [0.4, 0.5) is 8.78 Å². The van der Waals surface area contributed by atoms with Crippen molar-refractivity contribution in [2.75, 3.05) is 0 Å². The number of aromatic nitrogens is 3. The highest BCUT2D eigenvalue weighted by molar-refractivity contribution is 9.10. The number of nitrogens with zero attached hydrogens (tertiary/aromatic N) is 2. The van der Waals surface area contributed by atoms with Crippen LogP contribution < -0.4 is 0 Å². The minimum atomic E-state index is -5.61. The lowest BCUT2D eigenvalue weighted by atomic mass is 9.49. The van der Waals surface area contributed by atoms with Crippen LogP contribution >= 0.6 is 35.3 Å². The second kappa shape index (κ2) is 7.62. The van der Waals surface area contributed by atoms with Gasteiger partial charge in [0.25, 0.3) is 0 Å². The Morgan fingerprint density at radius 3 is 2.35 bits per heavy atom. The molecule has 4 bridgehead atoms. The molecule has 4 aliphatic carbocycles. The van der Waals surface area contributed by atoms with Crippen LogP contribution in [0.3, 0.4) is 0 Å². The Bertz CT molecular complexity index is 1020. The SMILES string of the molecule is O=P(O)(O)C(F)(F)c1ccc(CSc2n[nH]c(C34CC5CC(CC(C5)C3)C4)n2)cc1Br. The number of thioether (sulfide) groups is 1.